The zero-order valence-corrected chi connectivity index (χ0v) is 7.01. The predicted molar refractivity (Wildman–Crippen MR) is 48.7 cm³/mol. The van der Waals surface area contributed by atoms with Crippen molar-refractivity contribution >= 4 is 6.34 Å². The lowest BCUT2D eigenvalue weighted by Gasteiger charge is -2.21. The predicted octanol–water partition coefficient (Wildman–Crippen LogP) is -0.460. The van der Waals surface area contributed by atoms with Crippen LogP contribution in [0.2, 0.25) is 0 Å². The molecule has 1 fully saturated rings. The summed E-state index contributed by atoms with van der Waals surface area (Å²) in [6.45, 7) is 2.08. The second-order valence-electron chi connectivity index (χ2n) is 3.18. The third-order valence-corrected chi connectivity index (χ3v) is 2.41. The topological polar surface area (TPSA) is 62.4 Å². The fourth-order valence-electron chi connectivity index (χ4n) is 1.71. The molecular weight excluding hydrogens is 152 g/mol. The molecule has 12 heavy (non-hydrogen) atoms. The lowest BCUT2D eigenvalue weighted by Crippen LogP contribution is -2.35. The van der Waals surface area contributed by atoms with Crippen LogP contribution in [0, 0.1) is 0 Å². The van der Waals surface area contributed by atoms with Gasteiger partial charge in [0.25, 0.3) is 0 Å². The molecule has 0 aromatic heterocycles. The molecule has 2 aliphatic rings. The largest absolute Gasteiger partial charge is 0.384 e. The monoisotopic (exact) mass is 166 g/mol. The van der Waals surface area contributed by atoms with Gasteiger partial charge in [0, 0.05) is 0 Å². The maximum atomic E-state index is 5.77. The second kappa shape index (κ2) is 3.15. The number of rotatable bonds is 0. The zero-order chi connectivity index (χ0) is 8.39. The summed E-state index contributed by atoms with van der Waals surface area (Å²) < 4.78 is 0. The SMILES string of the molecule is NC1=C2CCNCCC2NC=N1. The molecule has 0 aromatic rings. The Labute approximate surface area is 71.9 Å². The number of fused-ring (bicyclic) bond motifs is 1. The van der Waals surface area contributed by atoms with E-state index in [1.807, 2.05) is 0 Å². The van der Waals surface area contributed by atoms with Gasteiger partial charge in [0.15, 0.2) is 0 Å². The van der Waals surface area contributed by atoms with Gasteiger partial charge in [0.05, 0.1) is 12.4 Å². The number of nitrogens with two attached hydrogens (primary N) is 1. The van der Waals surface area contributed by atoms with Crippen molar-refractivity contribution in [3.05, 3.63) is 11.4 Å². The fourth-order valence-corrected chi connectivity index (χ4v) is 1.71. The number of hydrogen-bond acceptors (Lipinski definition) is 4. The second-order valence-corrected chi connectivity index (χ2v) is 3.18. The molecule has 2 heterocycles. The van der Waals surface area contributed by atoms with Crippen LogP contribution in [-0.2, 0) is 0 Å². The molecule has 4 nitrogen and oxygen atoms in total. The van der Waals surface area contributed by atoms with Gasteiger partial charge in [-0.1, -0.05) is 0 Å². The van der Waals surface area contributed by atoms with Crippen LogP contribution < -0.4 is 16.4 Å². The molecule has 66 valence electrons. The number of aliphatic imine (C=N–C) groups is 1. The first-order chi connectivity index (χ1) is 5.88. The summed E-state index contributed by atoms with van der Waals surface area (Å²) in [5.41, 5.74) is 7.04. The molecular formula is C8H14N4. The van der Waals surface area contributed by atoms with Crippen molar-refractivity contribution in [3.63, 3.8) is 0 Å². The molecule has 2 aliphatic heterocycles. The van der Waals surface area contributed by atoms with Gasteiger partial charge < -0.3 is 16.4 Å². The maximum absolute atomic E-state index is 5.77. The number of hydrogen-bond donors (Lipinski definition) is 3. The van der Waals surface area contributed by atoms with E-state index in [9.17, 15) is 0 Å². The van der Waals surface area contributed by atoms with Gasteiger partial charge in [-0.05, 0) is 31.5 Å². The van der Waals surface area contributed by atoms with Crippen molar-refractivity contribution in [2.45, 2.75) is 18.9 Å². The van der Waals surface area contributed by atoms with Gasteiger partial charge >= 0.3 is 0 Å². The van der Waals surface area contributed by atoms with E-state index in [1.165, 1.54) is 5.57 Å². The third-order valence-electron chi connectivity index (χ3n) is 2.41. The van der Waals surface area contributed by atoms with Gasteiger partial charge in [-0.15, -0.1) is 0 Å². The summed E-state index contributed by atoms with van der Waals surface area (Å²) in [7, 11) is 0. The molecule has 1 atom stereocenters. The van der Waals surface area contributed by atoms with Crippen LogP contribution >= 0.6 is 0 Å². The van der Waals surface area contributed by atoms with E-state index in [-0.39, 0.29) is 0 Å². The van der Waals surface area contributed by atoms with E-state index in [1.54, 1.807) is 6.34 Å². The Bertz CT molecular complexity index is 231. The molecule has 0 aliphatic carbocycles. The van der Waals surface area contributed by atoms with Crippen LogP contribution in [0.4, 0.5) is 0 Å². The number of nitrogens with zero attached hydrogens (tertiary/aromatic N) is 1. The van der Waals surface area contributed by atoms with Gasteiger partial charge in [0.1, 0.15) is 5.82 Å². The third kappa shape index (κ3) is 1.30. The van der Waals surface area contributed by atoms with E-state index >= 15 is 0 Å². The van der Waals surface area contributed by atoms with E-state index in [0.29, 0.717) is 11.9 Å². The summed E-state index contributed by atoms with van der Waals surface area (Å²) in [6, 6.07) is 0.414. The van der Waals surface area contributed by atoms with Crippen molar-refractivity contribution in [2.24, 2.45) is 10.7 Å². The van der Waals surface area contributed by atoms with Crippen molar-refractivity contribution < 1.29 is 0 Å². The van der Waals surface area contributed by atoms with Crippen molar-refractivity contribution in [1.29, 1.82) is 0 Å². The Morgan fingerprint density at radius 1 is 1.50 bits per heavy atom. The Morgan fingerprint density at radius 2 is 2.42 bits per heavy atom. The number of nitrogens with one attached hydrogen (secondary N) is 2. The molecule has 4 heteroatoms. The molecule has 0 amide bonds. The van der Waals surface area contributed by atoms with Crippen LogP contribution in [0.1, 0.15) is 12.8 Å². The minimum Gasteiger partial charge on any atom is -0.384 e. The van der Waals surface area contributed by atoms with E-state index in [2.05, 4.69) is 15.6 Å². The summed E-state index contributed by atoms with van der Waals surface area (Å²) in [5.74, 6) is 0.711. The highest BCUT2D eigenvalue weighted by Crippen LogP contribution is 2.17. The Morgan fingerprint density at radius 3 is 3.33 bits per heavy atom. The molecule has 2 rings (SSSR count). The smallest absolute Gasteiger partial charge is 0.126 e. The molecule has 4 N–H and O–H groups in total. The van der Waals surface area contributed by atoms with Crippen LogP contribution in [0.15, 0.2) is 16.4 Å². The minimum absolute atomic E-state index is 0.414. The highest BCUT2D eigenvalue weighted by molar-refractivity contribution is 5.60. The maximum Gasteiger partial charge on any atom is 0.126 e. The van der Waals surface area contributed by atoms with Crippen LogP contribution in [0.5, 0.6) is 0 Å². The fraction of sp³-hybridized carbons (Fsp3) is 0.625. The molecule has 0 saturated carbocycles. The highest BCUT2D eigenvalue weighted by atomic mass is 15.1. The van der Waals surface area contributed by atoms with Gasteiger partial charge in [-0.3, -0.25) is 0 Å². The summed E-state index contributed by atoms with van der Waals surface area (Å²) in [6.07, 6.45) is 3.82. The summed E-state index contributed by atoms with van der Waals surface area (Å²) >= 11 is 0. The first-order valence-corrected chi connectivity index (χ1v) is 4.36. The molecule has 0 radical (unpaired) electrons. The van der Waals surface area contributed by atoms with E-state index < -0.39 is 0 Å². The molecule has 0 aromatic carbocycles. The van der Waals surface area contributed by atoms with Crippen molar-refractivity contribution in [1.82, 2.24) is 10.6 Å². The normalized spacial score (nSPS) is 29.2. The van der Waals surface area contributed by atoms with E-state index in [0.717, 1.165) is 25.9 Å². The van der Waals surface area contributed by atoms with Gasteiger partial charge in [0.2, 0.25) is 0 Å². The lowest BCUT2D eigenvalue weighted by molar-refractivity contribution is 0.617. The zero-order valence-electron chi connectivity index (χ0n) is 7.01. The Hall–Kier alpha value is -1.03. The average molecular weight is 166 g/mol. The van der Waals surface area contributed by atoms with Crippen LogP contribution in [0.25, 0.3) is 0 Å². The molecule has 0 spiro atoms. The van der Waals surface area contributed by atoms with E-state index in [4.69, 9.17) is 5.73 Å². The summed E-state index contributed by atoms with van der Waals surface area (Å²) in [4.78, 5) is 4.05. The highest BCUT2D eigenvalue weighted by Gasteiger charge is 2.20. The first-order valence-electron chi connectivity index (χ1n) is 4.36. The average Bonchev–Trinajstić information content (AvgIpc) is 2.30. The van der Waals surface area contributed by atoms with Crippen LogP contribution in [-0.4, -0.2) is 25.5 Å². The lowest BCUT2D eigenvalue weighted by atomic mass is 10.0. The van der Waals surface area contributed by atoms with Gasteiger partial charge in [-0.2, -0.15) is 0 Å². The molecule has 1 saturated heterocycles. The standard InChI is InChI=1S/C8H14N4/c9-8-6-1-3-10-4-2-7(6)11-5-12-8/h5,7,10H,1-4,9H2,(H,11,12). The van der Waals surface area contributed by atoms with Crippen LogP contribution in [0.3, 0.4) is 0 Å². The Kier molecular flexibility index (Phi) is 1.99. The quantitative estimate of drug-likeness (QED) is 0.456. The van der Waals surface area contributed by atoms with Gasteiger partial charge in [-0.25, -0.2) is 4.99 Å². The Balaban J connectivity index is 2.22. The summed E-state index contributed by atoms with van der Waals surface area (Å²) in [5, 5.41) is 6.56. The van der Waals surface area contributed by atoms with Crippen molar-refractivity contribution in [2.75, 3.05) is 13.1 Å². The first kappa shape index (κ1) is 7.61. The molecule has 0 bridgehead atoms. The minimum atomic E-state index is 0.414. The molecule has 1 unspecified atom stereocenters. The van der Waals surface area contributed by atoms with Crippen molar-refractivity contribution in [3.8, 4) is 0 Å².